The average molecular weight is 244 g/mol. The van der Waals surface area contributed by atoms with Gasteiger partial charge in [-0.25, -0.2) is 0 Å². The van der Waals surface area contributed by atoms with Crippen LogP contribution in [-0.2, 0) is 11.3 Å². The highest BCUT2D eigenvalue weighted by Gasteiger charge is 2.23. The fraction of sp³-hybridized carbons (Fsp3) is 0.154. The summed E-state index contributed by atoms with van der Waals surface area (Å²) >= 11 is 1.67. The van der Waals surface area contributed by atoms with Crippen molar-refractivity contribution in [3.05, 3.63) is 40.6 Å². The summed E-state index contributed by atoms with van der Waals surface area (Å²) in [5.41, 5.74) is 2.93. The van der Waals surface area contributed by atoms with Crippen LogP contribution in [0.15, 0.2) is 35.7 Å². The summed E-state index contributed by atoms with van der Waals surface area (Å²) in [5.74, 6) is 0.0424. The number of para-hydroxylation sites is 2. The van der Waals surface area contributed by atoms with E-state index in [0.717, 1.165) is 23.6 Å². The Morgan fingerprint density at radius 3 is 2.94 bits per heavy atom. The van der Waals surface area contributed by atoms with Crippen molar-refractivity contribution in [3.63, 3.8) is 0 Å². The average Bonchev–Trinajstić information content (AvgIpc) is 2.70. The third-order valence-corrected chi connectivity index (χ3v) is 3.77. The van der Waals surface area contributed by atoms with Gasteiger partial charge in [0.25, 0.3) is 0 Å². The number of anilines is 3. The Hall–Kier alpha value is -1.81. The van der Waals surface area contributed by atoms with Crippen LogP contribution < -0.4 is 10.2 Å². The molecule has 0 saturated heterocycles. The number of carbonyl (C=O) groups excluding carboxylic acids is 1. The van der Waals surface area contributed by atoms with Gasteiger partial charge >= 0.3 is 0 Å². The molecule has 1 aliphatic heterocycles. The van der Waals surface area contributed by atoms with Crippen molar-refractivity contribution in [1.29, 1.82) is 0 Å². The highest BCUT2D eigenvalue weighted by molar-refractivity contribution is 7.10. The molecule has 2 heterocycles. The molecule has 2 aromatic rings. The van der Waals surface area contributed by atoms with Gasteiger partial charge in [0.2, 0.25) is 5.91 Å². The lowest BCUT2D eigenvalue weighted by Crippen LogP contribution is -2.22. The number of carbonyl (C=O) groups is 1. The van der Waals surface area contributed by atoms with E-state index in [2.05, 4.69) is 5.32 Å². The van der Waals surface area contributed by atoms with Crippen molar-refractivity contribution >= 4 is 34.3 Å². The zero-order chi connectivity index (χ0) is 11.8. The van der Waals surface area contributed by atoms with E-state index in [1.807, 2.05) is 35.7 Å². The minimum absolute atomic E-state index is 0.0424. The van der Waals surface area contributed by atoms with Gasteiger partial charge in [-0.3, -0.25) is 9.69 Å². The van der Waals surface area contributed by atoms with E-state index >= 15 is 0 Å². The first-order valence-electron chi connectivity index (χ1n) is 5.47. The number of nitrogens with one attached hydrogen (secondary N) is 1. The van der Waals surface area contributed by atoms with E-state index in [1.165, 1.54) is 4.88 Å². The molecule has 0 aliphatic carbocycles. The molecule has 1 N–H and O–H groups in total. The third kappa shape index (κ3) is 1.61. The molecule has 17 heavy (non-hydrogen) atoms. The zero-order valence-electron chi connectivity index (χ0n) is 9.43. The molecule has 3 nitrogen and oxygen atoms in total. The molecule has 1 aromatic heterocycles. The first-order valence-corrected chi connectivity index (χ1v) is 6.35. The number of amides is 1. The molecule has 0 fully saturated rings. The van der Waals surface area contributed by atoms with Gasteiger partial charge in [0.15, 0.2) is 0 Å². The molecular formula is C13H12N2OS. The smallest absolute Gasteiger partial charge is 0.228 e. The van der Waals surface area contributed by atoms with E-state index in [1.54, 1.807) is 23.2 Å². The molecule has 1 aromatic carbocycles. The van der Waals surface area contributed by atoms with E-state index < -0.39 is 0 Å². The molecular weight excluding hydrogens is 232 g/mol. The van der Waals surface area contributed by atoms with Crippen LogP contribution in [0.3, 0.4) is 0 Å². The Morgan fingerprint density at radius 1 is 1.29 bits per heavy atom. The summed E-state index contributed by atoms with van der Waals surface area (Å²) in [6, 6.07) is 9.90. The predicted molar refractivity (Wildman–Crippen MR) is 70.9 cm³/mol. The summed E-state index contributed by atoms with van der Waals surface area (Å²) in [7, 11) is 0. The second-order valence-corrected chi connectivity index (χ2v) is 4.95. The standard InChI is InChI=1S/C13H12N2OS/c1-9(16)15-11-5-3-2-4-10(11)14-8-13-12(15)6-7-17-13/h2-7,14H,8H2,1H3. The monoisotopic (exact) mass is 244 g/mol. The largest absolute Gasteiger partial charge is 0.378 e. The van der Waals surface area contributed by atoms with Crippen LogP contribution in [0.4, 0.5) is 17.1 Å². The summed E-state index contributed by atoms with van der Waals surface area (Å²) in [5, 5.41) is 5.39. The van der Waals surface area contributed by atoms with Gasteiger partial charge in [-0.1, -0.05) is 12.1 Å². The van der Waals surface area contributed by atoms with Crippen LogP contribution in [-0.4, -0.2) is 5.91 Å². The number of hydrogen-bond donors (Lipinski definition) is 1. The molecule has 1 amide bonds. The number of benzene rings is 1. The van der Waals surface area contributed by atoms with Crippen LogP contribution >= 0.6 is 11.3 Å². The van der Waals surface area contributed by atoms with Crippen molar-refractivity contribution in [2.24, 2.45) is 0 Å². The number of thiophene rings is 1. The number of rotatable bonds is 0. The Labute approximate surface area is 104 Å². The number of hydrogen-bond acceptors (Lipinski definition) is 3. The summed E-state index contributed by atoms with van der Waals surface area (Å²) in [6.45, 7) is 2.37. The van der Waals surface area contributed by atoms with Gasteiger partial charge in [0.1, 0.15) is 0 Å². The van der Waals surface area contributed by atoms with Gasteiger partial charge < -0.3 is 5.32 Å². The lowest BCUT2D eigenvalue weighted by molar-refractivity contribution is -0.115. The fourth-order valence-electron chi connectivity index (χ4n) is 2.13. The molecule has 0 bridgehead atoms. The van der Waals surface area contributed by atoms with E-state index in [-0.39, 0.29) is 5.91 Å². The third-order valence-electron chi connectivity index (χ3n) is 2.86. The van der Waals surface area contributed by atoms with Gasteiger partial charge in [-0.2, -0.15) is 0 Å². The Kier molecular flexibility index (Phi) is 2.37. The second kappa shape index (κ2) is 3.89. The maximum absolute atomic E-state index is 11.9. The SMILES string of the molecule is CC(=O)N1c2ccccc2NCc2sccc21. The first kappa shape index (κ1) is 10.4. The Bertz CT molecular complexity index is 576. The first-order chi connectivity index (χ1) is 8.27. The maximum Gasteiger partial charge on any atom is 0.228 e. The molecule has 86 valence electrons. The molecule has 0 unspecified atom stereocenters. The van der Waals surface area contributed by atoms with Crippen molar-refractivity contribution in [3.8, 4) is 0 Å². The van der Waals surface area contributed by atoms with Crippen LogP contribution in [0.1, 0.15) is 11.8 Å². The fourth-order valence-corrected chi connectivity index (χ4v) is 2.92. The number of nitrogens with zero attached hydrogens (tertiary/aromatic N) is 1. The van der Waals surface area contributed by atoms with Crippen molar-refractivity contribution in [2.45, 2.75) is 13.5 Å². The molecule has 3 rings (SSSR count). The molecule has 0 atom stereocenters. The normalized spacial score (nSPS) is 13.4. The van der Waals surface area contributed by atoms with Crippen LogP contribution in [0.2, 0.25) is 0 Å². The van der Waals surface area contributed by atoms with Gasteiger partial charge in [0, 0.05) is 11.8 Å². The van der Waals surface area contributed by atoms with E-state index in [0.29, 0.717) is 0 Å². The maximum atomic E-state index is 11.9. The zero-order valence-corrected chi connectivity index (χ0v) is 10.3. The predicted octanol–water partition coefficient (Wildman–Crippen LogP) is 3.36. The Balaban J connectivity index is 2.23. The highest BCUT2D eigenvalue weighted by Crippen LogP contribution is 2.39. The van der Waals surface area contributed by atoms with Crippen LogP contribution in [0, 0.1) is 0 Å². The van der Waals surface area contributed by atoms with Crippen molar-refractivity contribution in [1.82, 2.24) is 0 Å². The molecule has 0 radical (unpaired) electrons. The molecule has 0 saturated carbocycles. The molecule has 0 spiro atoms. The molecule has 1 aliphatic rings. The second-order valence-electron chi connectivity index (χ2n) is 3.95. The highest BCUT2D eigenvalue weighted by atomic mass is 32.1. The molecule has 4 heteroatoms. The summed E-state index contributed by atoms with van der Waals surface area (Å²) in [6.07, 6.45) is 0. The van der Waals surface area contributed by atoms with Gasteiger partial charge in [-0.05, 0) is 23.6 Å². The van der Waals surface area contributed by atoms with Gasteiger partial charge in [0.05, 0.1) is 23.6 Å². The Morgan fingerprint density at radius 2 is 2.12 bits per heavy atom. The van der Waals surface area contributed by atoms with E-state index in [4.69, 9.17) is 0 Å². The lowest BCUT2D eigenvalue weighted by atomic mass is 10.2. The summed E-state index contributed by atoms with van der Waals surface area (Å²) < 4.78 is 0. The van der Waals surface area contributed by atoms with Crippen molar-refractivity contribution in [2.75, 3.05) is 10.2 Å². The number of fused-ring (bicyclic) bond motifs is 2. The summed E-state index contributed by atoms with van der Waals surface area (Å²) in [4.78, 5) is 14.8. The topological polar surface area (TPSA) is 32.3 Å². The minimum atomic E-state index is 0.0424. The lowest BCUT2D eigenvalue weighted by Gasteiger charge is -2.21. The van der Waals surface area contributed by atoms with Crippen LogP contribution in [0.5, 0.6) is 0 Å². The van der Waals surface area contributed by atoms with E-state index in [9.17, 15) is 4.79 Å². The quantitative estimate of drug-likeness (QED) is 0.770. The van der Waals surface area contributed by atoms with Crippen molar-refractivity contribution < 1.29 is 4.79 Å². The van der Waals surface area contributed by atoms with Crippen LogP contribution in [0.25, 0.3) is 0 Å². The van der Waals surface area contributed by atoms with Gasteiger partial charge in [-0.15, -0.1) is 11.3 Å². The minimum Gasteiger partial charge on any atom is -0.378 e.